The zero-order chi connectivity index (χ0) is 20.5. The van der Waals surface area contributed by atoms with Crippen molar-refractivity contribution in [1.82, 2.24) is 0 Å². The maximum absolute atomic E-state index is 2.54. The average Bonchev–Trinajstić information content (AvgIpc) is 3.25. The van der Waals surface area contributed by atoms with Gasteiger partial charge in [-0.25, -0.2) is 0 Å². The fourth-order valence-corrected chi connectivity index (χ4v) is 8.09. The van der Waals surface area contributed by atoms with Crippen molar-refractivity contribution < 1.29 is 0 Å². The maximum Gasteiger partial charge on any atom is -0.0290 e. The molecule has 3 aliphatic rings. The molecule has 0 heteroatoms. The van der Waals surface area contributed by atoms with E-state index in [1.54, 1.807) is 0 Å². The summed E-state index contributed by atoms with van der Waals surface area (Å²) in [5, 5.41) is 0. The monoisotopic (exact) mass is 376 g/mol. The Kier molecular flexibility index (Phi) is 7.24. The summed E-state index contributed by atoms with van der Waals surface area (Å²) in [4.78, 5) is 0. The Bertz CT molecular complexity index is 468. The fraction of sp³-hybridized carbons (Fsp3) is 1.00. The summed E-state index contributed by atoms with van der Waals surface area (Å²) in [7, 11) is 0. The number of hydrogen-bond donors (Lipinski definition) is 0. The molecule has 3 aliphatic carbocycles. The van der Waals surface area contributed by atoms with Gasteiger partial charge >= 0.3 is 0 Å². The van der Waals surface area contributed by atoms with E-state index in [0.29, 0.717) is 21.7 Å². The van der Waals surface area contributed by atoms with Crippen LogP contribution in [0.1, 0.15) is 133 Å². The van der Waals surface area contributed by atoms with Crippen LogP contribution in [0.25, 0.3) is 0 Å². The Balaban J connectivity index is 0.000000194. The third-order valence-electron chi connectivity index (χ3n) is 7.94. The van der Waals surface area contributed by atoms with Crippen molar-refractivity contribution in [1.29, 1.82) is 0 Å². The van der Waals surface area contributed by atoms with Gasteiger partial charge in [-0.05, 0) is 97.2 Å². The van der Waals surface area contributed by atoms with Crippen LogP contribution >= 0.6 is 0 Å². The van der Waals surface area contributed by atoms with E-state index >= 15 is 0 Å². The van der Waals surface area contributed by atoms with Crippen LogP contribution < -0.4 is 0 Å². The Morgan fingerprint density at radius 1 is 0.704 bits per heavy atom. The van der Waals surface area contributed by atoms with E-state index in [1.807, 2.05) is 0 Å². The average molecular weight is 377 g/mol. The molecular formula is C27H52. The van der Waals surface area contributed by atoms with Crippen LogP contribution in [0.4, 0.5) is 0 Å². The molecule has 160 valence electrons. The lowest BCUT2D eigenvalue weighted by atomic mass is 9.59. The lowest BCUT2D eigenvalue weighted by Gasteiger charge is -2.46. The molecule has 0 radical (unpaired) electrons. The SMILES string of the molecule is CC1CC(C)(C)CC(C)(C2CC2)C1.CCCCC1(C)CC(C)CC(C)(C)C1. The molecule has 0 aromatic rings. The summed E-state index contributed by atoms with van der Waals surface area (Å²) in [6.45, 7) is 22.1. The zero-order valence-electron chi connectivity index (χ0n) is 20.5. The molecule has 0 aliphatic heterocycles. The van der Waals surface area contributed by atoms with Crippen molar-refractivity contribution in [2.45, 2.75) is 133 Å². The number of rotatable bonds is 4. The Labute approximate surface area is 172 Å². The summed E-state index contributed by atoms with van der Waals surface area (Å²) in [5.41, 5.74) is 2.52. The van der Waals surface area contributed by atoms with Gasteiger partial charge in [-0.3, -0.25) is 0 Å². The standard InChI is InChI=1S/C14H28.C13H24/c1-6-7-8-14(5)10-12(2)9-13(3,4)11-14;1-10-7-12(2,3)9-13(4,8-10)11-5-6-11/h12H,6-11H2,1-5H3;10-11H,5-9H2,1-4H3. The second kappa shape index (κ2) is 8.39. The highest BCUT2D eigenvalue weighted by Gasteiger charge is 2.48. The topological polar surface area (TPSA) is 0 Å². The lowest BCUT2D eigenvalue weighted by Crippen LogP contribution is -2.36. The normalized spacial score (nSPS) is 40.8. The quantitative estimate of drug-likeness (QED) is 0.458. The second-order valence-corrected chi connectivity index (χ2v) is 13.6. The van der Waals surface area contributed by atoms with E-state index in [0.717, 1.165) is 17.8 Å². The highest BCUT2D eigenvalue weighted by atomic mass is 14.5. The van der Waals surface area contributed by atoms with E-state index in [1.165, 1.54) is 70.6 Å². The predicted octanol–water partition coefficient (Wildman–Crippen LogP) is 9.28. The second-order valence-electron chi connectivity index (χ2n) is 13.6. The summed E-state index contributed by atoms with van der Waals surface area (Å²) < 4.78 is 0. The Hall–Kier alpha value is 0. The van der Waals surface area contributed by atoms with Crippen molar-refractivity contribution in [3.05, 3.63) is 0 Å². The fourth-order valence-electron chi connectivity index (χ4n) is 8.09. The van der Waals surface area contributed by atoms with Gasteiger partial charge in [0.1, 0.15) is 0 Å². The van der Waals surface area contributed by atoms with E-state index in [-0.39, 0.29) is 0 Å². The van der Waals surface area contributed by atoms with Crippen LogP contribution in [0.5, 0.6) is 0 Å². The van der Waals surface area contributed by atoms with Crippen LogP contribution in [-0.2, 0) is 0 Å². The predicted molar refractivity (Wildman–Crippen MR) is 122 cm³/mol. The molecule has 3 fully saturated rings. The molecule has 4 atom stereocenters. The molecule has 0 spiro atoms. The third kappa shape index (κ3) is 7.08. The minimum atomic E-state index is 0.583. The van der Waals surface area contributed by atoms with Crippen molar-refractivity contribution in [2.75, 3.05) is 0 Å². The van der Waals surface area contributed by atoms with Gasteiger partial charge in [0, 0.05) is 0 Å². The highest BCUT2D eigenvalue weighted by Crippen LogP contribution is 2.58. The van der Waals surface area contributed by atoms with E-state index in [4.69, 9.17) is 0 Å². The molecule has 0 aromatic carbocycles. The van der Waals surface area contributed by atoms with Crippen LogP contribution in [0, 0.1) is 39.4 Å². The molecule has 4 unspecified atom stereocenters. The highest BCUT2D eigenvalue weighted by molar-refractivity contribution is 4.98. The van der Waals surface area contributed by atoms with Crippen LogP contribution in [0.2, 0.25) is 0 Å². The van der Waals surface area contributed by atoms with Crippen LogP contribution in [0.15, 0.2) is 0 Å². The van der Waals surface area contributed by atoms with Crippen molar-refractivity contribution in [3.8, 4) is 0 Å². The van der Waals surface area contributed by atoms with Gasteiger partial charge in [0.25, 0.3) is 0 Å². The molecule has 0 N–H and O–H groups in total. The Morgan fingerprint density at radius 2 is 1.22 bits per heavy atom. The first-order chi connectivity index (χ1) is 12.3. The maximum atomic E-state index is 2.54. The zero-order valence-corrected chi connectivity index (χ0v) is 20.5. The van der Waals surface area contributed by atoms with Crippen molar-refractivity contribution in [2.24, 2.45) is 39.4 Å². The Morgan fingerprint density at radius 3 is 1.67 bits per heavy atom. The molecule has 0 aromatic heterocycles. The molecule has 0 saturated heterocycles. The van der Waals surface area contributed by atoms with Crippen molar-refractivity contribution >= 4 is 0 Å². The van der Waals surface area contributed by atoms with Crippen LogP contribution in [0.3, 0.4) is 0 Å². The van der Waals surface area contributed by atoms with Gasteiger partial charge in [-0.1, -0.05) is 75.2 Å². The lowest BCUT2D eigenvalue weighted by molar-refractivity contribution is 0.0438. The largest absolute Gasteiger partial charge is 0.0654 e. The smallest absolute Gasteiger partial charge is 0.0290 e. The molecule has 3 saturated carbocycles. The van der Waals surface area contributed by atoms with Gasteiger partial charge in [0.15, 0.2) is 0 Å². The van der Waals surface area contributed by atoms with Crippen LogP contribution in [-0.4, -0.2) is 0 Å². The van der Waals surface area contributed by atoms with E-state index in [9.17, 15) is 0 Å². The molecular weight excluding hydrogens is 324 g/mol. The first kappa shape index (κ1) is 23.3. The van der Waals surface area contributed by atoms with Crippen molar-refractivity contribution in [3.63, 3.8) is 0 Å². The van der Waals surface area contributed by atoms with E-state index in [2.05, 4.69) is 62.3 Å². The number of unbranched alkanes of at least 4 members (excludes halogenated alkanes) is 1. The van der Waals surface area contributed by atoms with Gasteiger partial charge < -0.3 is 0 Å². The molecule has 0 amide bonds. The first-order valence-corrected chi connectivity index (χ1v) is 12.3. The van der Waals surface area contributed by atoms with E-state index < -0.39 is 0 Å². The molecule has 0 bridgehead atoms. The van der Waals surface area contributed by atoms with Gasteiger partial charge in [-0.15, -0.1) is 0 Å². The van der Waals surface area contributed by atoms with Gasteiger partial charge in [0.05, 0.1) is 0 Å². The molecule has 0 nitrogen and oxygen atoms in total. The summed E-state index contributed by atoms with van der Waals surface area (Å²) in [5.74, 6) is 2.96. The van der Waals surface area contributed by atoms with Gasteiger partial charge in [-0.2, -0.15) is 0 Å². The summed E-state index contributed by atoms with van der Waals surface area (Å²) in [6.07, 6.45) is 15.9. The van der Waals surface area contributed by atoms with Gasteiger partial charge in [0.2, 0.25) is 0 Å². The summed E-state index contributed by atoms with van der Waals surface area (Å²) >= 11 is 0. The minimum Gasteiger partial charge on any atom is -0.0654 e. The third-order valence-corrected chi connectivity index (χ3v) is 7.94. The first-order valence-electron chi connectivity index (χ1n) is 12.3. The molecule has 27 heavy (non-hydrogen) atoms. The number of hydrogen-bond acceptors (Lipinski definition) is 0. The molecule has 0 heterocycles. The molecule has 3 rings (SSSR count). The minimum absolute atomic E-state index is 0.583. The summed E-state index contributed by atoms with van der Waals surface area (Å²) in [6, 6.07) is 0.